The van der Waals surface area contributed by atoms with E-state index in [9.17, 15) is 14.3 Å². The number of aryl methyl sites for hydroxylation is 2. The summed E-state index contributed by atoms with van der Waals surface area (Å²) in [5, 5.41) is 9.30. The molecule has 0 amide bonds. The van der Waals surface area contributed by atoms with Gasteiger partial charge in [0.2, 0.25) is 0 Å². The minimum Gasteiger partial charge on any atom is -0.490 e. The van der Waals surface area contributed by atoms with Crippen LogP contribution in [0.15, 0.2) is 42.5 Å². The van der Waals surface area contributed by atoms with Gasteiger partial charge >= 0.3 is 5.97 Å². The fourth-order valence-corrected chi connectivity index (χ4v) is 2.87. The quantitative estimate of drug-likeness (QED) is 0.597. The normalized spacial score (nSPS) is 13.2. The van der Waals surface area contributed by atoms with E-state index in [0.717, 1.165) is 16.7 Å². The molecule has 158 valence electrons. The van der Waals surface area contributed by atoms with Crippen LogP contribution < -0.4 is 9.47 Å². The number of alkyl halides is 1. The molecule has 2 atom stereocenters. The van der Waals surface area contributed by atoms with Gasteiger partial charge in [0.05, 0.1) is 6.10 Å². The minimum absolute atomic E-state index is 0.104. The molecule has 5 nitrogen and oxygen atoms in total. The maximum absolute atomic E-state index is 14.2. The molecular formula is C23H29FO5. The van der Waals surface area contributed by atoms with Crippen LogP contribution in [0.4, 0.5) is 4.39 Å². The summed E-state index contributed by atoms with van der Waals surface area (Å²) in [6.07, 6.45) is -2.22. The zero-order valence-electron chi connectivity index (χ0n) is 17.4. The number of carbonyl (C=O) groups is 1. The maximum atomic E-state index is 14.2. The molecular weight excluding hydrogens is 375 g/mol. The van der Waals surface area contributed by atoms with E-state index in [-0.39, 0.29) is 25.7 Å². The largest absolute Gasteiger partial charge is 0.490 e. The van der Waals surface area contributed by atoms with Gasteiger partial charge in [-0.1, -0.05) is 29.8 Å². The Morgan fingerprint density at radius 1 is 1.07 bits per heavy atom. The number of benzene rings is 2. The lowest BCUT2D eigenvalue weighted by atomic mass is 10.1. The second-order valence-electron chi connectivity index (χ2n) is 7.35. The summed E-state index contributed by atoms with van der Waals surface area (Å²) in [5.74, 6) is 0.118. The second-order valence-corrected chi connectivity index (χ2v) is 7.35. The molecule has 29 heavy (non-hydrogen) atoms. The van der Waals surface area contributed by atoms with Gasteiger partial charge < -0.3 is 19.3 Å². The number of carboxylic acids is 1. The van der Waals surface area contributed by atoms with Crippen molar-refractivity contribution in [1.82, 2.24) is 0 Å². The van der Waals surface area contributed by atoms with E-state index in [2.05, 4.69) is 0 Å². The van der Waals surface area contributed by atoms with Crippen molar-refractivity contribution in [3.63, 3.8) is 0 Å². The molecule has 0 aliphatic carbocycles. The topological polar surface area (TPSA) is 65.0 Å². The number of halogens is 1. The van der Waals surface area contributed by atoms with E-state index < -0.39 is 18.2 Å². The van der Waals surface area contributed by atoms with E-state index in [1.54, 1.807) is 38.1 Å². The van der Waals surface area contributed by atoms with Gasteiger partial charge in [-0.2, -0.15) is 0 Å². The summed E-state index contributed by atoms with van der Waals surface area (Å²) in [6.45, 7) is 7.23. The summed E-state index contributed by atoms with van der Waals surface area (Å²) in [7, 11) is 0. The average Bonchev–Trinajstić information content (AvgIpc) is 2.65. The first kappa shape index (κ1) is 22.7. The van der Waals surface area contributed by atoms with Crippen molar-refractivity contribution in [3.8, 4) is 11.5 Å². The molecule has 6 heteroatoms. The van der Waals surface area contributed by atoms with Crippen molar-refractivity contribution >= 4 is 5.97 Å². The summed E-state index contributed by atoms with van der Waals surface area (Å²) in [4.78, 5) is 11.4. The van der Waals surface area contributed by atoms with Crippen LogP contribution in [-0.4, -0.2) is 42.7 Å². The van der Waals surface area contributed by atoms with Gasteiger partial charge in [-0.3, -0.25) is 0 Å². The summed E-state index contributed by atoms with van der Waals surface area (Å²) in [5.41, 5.74) is 2.83. The average molecular weight is 404 g/mol. The van der Waals surface area contributed by atoms with E-state index in [0.29, 0.717) is 11.5 Å². The van der Waals surface area contributed by atoms with Crippen LogP contribution in [0, 0.1) is 13.8 Å². The minimum atomic E-state index is -1.30. The Balaban J connectivity index is 1.87. The number of hydrogen-bond donors (Lipinski definition) is 1. The standard InChI is InChI=1S/C23H29FO5/c1-15(2)29-22(23(25)26)12-18-6-5-7-20(11-18)27-13-19(24)14-28-21-9-8-16(3)10-17(21)4/h5-11,15,19,22H,12-14H2,1-4H3,(H,25,26)/t19-,22+/m1/s1. The first-order chi connectivity index (χ1) is 13.7. The van der Waals surface area contributed by atoms with Crippen LogP contribution in [0.2, 0.25) is 0 Å². The van der Waals surface area contributed by atoms with Crippen molar-refractivity contribution in [2.45, 2.75) is 52.5 Å². The van der Waals surface area contributed by atoms with Crippen LogP contribution >= 0.6 is 0 Å². The lowest BCUT2D eigenvalue weighted by molar-refractivity contribution is -0.153. The molecule has 0 aromatic heterocycles. The van der Waals surface area contributed by atoms with Gasteiger partial charge in [-0.05, 0) is 57.0 Å². The van der Waals surface area contributed by atoms with Gasteiger partial charge in [0, 0.05) is 6.42 Å². The molecule has 0 saturated heterocycles. The molecule has 0 bridgehead atoms. The molecule has 0 heterocycles. The Labute approximate surface area is 171 Å². The third kappa shape index (κ3) is 7.74. The van der Waals surface area contributed by atoms with Gasteiger partial charge in [0.25, 0.3) is 0 Å². The lowest BCUT2D eigenvalue weighted by Crippen LogP contribution is -2.29. The Bertz CT molecular complexity index is 806. The van der Waals surface area contributed by atoms with Gasteiger partial charge in [0.1, 0.15) is 24.7 Å². The Morgan fingerprint density at radius 3 is 2.45 bits per heavy atom. The molecule has 0 aliphatic rings. The lowest BCUT2D eigenvalue weighted by Gasteiger charge is -2.17. The zero-order valence-corrected chi connectivity index (χ0v) is 17.4. The maximum Gasteiger partial charge on any atom is 0.333 e. The highest BCUT2D eigenvalue weighted by Gasteiger charge is 2.20. The van der Waals surface area contributed by atoms with Crippen LogP contribution in [0.25, 0.3) is 0 Å². The number of ether oxygens (including phenoxy) is 3. The van der Waals surface area contributed by atoms with E-state index in [1.165, 1.54) is 0 Å². The Morgan fingerprint density at radius 2 is 1.79 bits per heavy atom. The molecule has 2 aromatic carbocycles. The van der Waals surface area contributed by atoms with Crippen LogP contribution in [-0.2, 0) is 16.0 Å². The molecule has 0 saturated carbocycles. The van der Waals surface area contributed by atoms with E-state index >= 15 is 0 Å². The van der Waals surface area contributed by atoms with Crippen LogP contribution in [0.1, 0.15) is 30.5 Å². The number of carboxylic acid groups (broad SMARTS) is 1. The van der Waals surface area contributed by atoms with Crippen LogP contribution in [0.5, 0.6) is 11.5 Å². The zero-order chi connectivity index (χ0) is 21.4. The molecule has 0 fully saturated rings. The highest BCUT2D eigenvalue weighted by Crippen LogP contribution is 2.20. The number of hydrogen-bond acceptors (Lipinski definition) is 4. The number of rotatable bonds is 11. The van der Waals surface area contributed by atoms with Crippen molar-refractivity contribution in [2.24, 2.45) is 0 Å². The molecule has 0 radical (unpaired) electrons. The second kappa shape index (κ2) is 10.8. The SMILES string of the molecule is Cc1ccc(OC[C@H](F)COc2cccc(C[C@H](OC(C)C)C(=O)O)c2)c(C)c1. The van der Waals surface area contributed by atoms with Gasteiger partial charge in [0.15, 0.2) is 12.3 Å². The summed E-state index contributed by atoms with van der Waals surface area (Å²) < 4.78 is 30.7. The predicted octanol–water partition coefficient (Wildman–Crippen LogP) is 4.52. The van der Waals surface area contributed by atoms with Gasteiger partial charge in [-0.15, -0.1) is 0 Å². The predicted molar refractivity (Wildman–Crippen MR) is 110 cm³/mol. The van der Waals surface area contributed by atoms with Gasteiger partial charge in [-0.25, -0.2) is 9.18 Å². The molecule has 0 unspecified atom stereocenters. The van der Waals surface area contributed by atoms with Crippen molar-refractivity contribution < 1.29 is 28.5 Å². The van der Waals surface area contributed by atoms with Crippen molar-refractivity contribution in [3.05, 3.63) is 59.2 Å². The highest BCUT2D eigenvalue weighted by atomic mass is 19.1. The molecule has 2 rings (SSSR count). The molecule has 1 N–H and O–H groups in total. The van der Waals surface area contributed by atoms with E-state index in [4.69, 9.17) is 14.2 Å². The van der Waals surface area contributed by atoms with Crippen molar-refractivity contribution in [1.29, 1.82) is 0 Å². The highest BCUT2D eigenvalue weighted by molar-refractivity contribution is 5.72. The fourth-order valence-electron chi connectivity index (χ4n) is 2.87. The smallest absolute Gasteiger partial charge is 0.333 e. The fraction of sp³-hybridized carbons (Fsp3) is 0.435. The van der Waals surface area contributed by atoms with E-state index in [1.807, 2.05) is 32.0 Å². The molecule has 0 aliphatic heterocycles. The monoisotopic (exact) mass is 404 g/mol. The molecule has 2 aromatic rings. The third-order valence-electron chi connectivity index (χ3n) is 4.21. The Kier molecular flexibility index (Phi) is 8.46. The number of aliphatic carboxylic acids is 1. The summed E-state index contributed by atoms with van der Waals surface area (Å²) in [6, 6.07) is 12.7. The van der Waals surface area contributed by atoms with Crippen molar-refractivity contribution in [2.75, 3.05) is 13.2 Å². The third-order valence-corrected chi connectivity index (χ3v) is 4.21. The van der Waals surface area contributed by atoms with Crippen LogP contribution in [0.3, 0.4) is 0 Å². The summed E-state index contributed by atoms with van der Waals surface area (Å²) >= 11 is 0. The first-order valence-electron chi connectivity index (χ1n) is 9.68. The molecule has 0 spiro atoms. The Hall–Kier alpha value is -2.60. The first-order valence-corrected chi connectivity index (χ1v) is 9.68.